The molecule has 1 saturated heterocycles. The summed E-state index contributed by atoms with van der Waals surface area (Å²) in [7, 11) is 0. The largest absolute Gasteiger partial charge is 0.369 e. The van der Waals surface area contributed by atoms with Crippen LogP contribution in [-0.4, -0.2) is 29.2 Å². The third kappa shape index (κ3) is 2.19. The SMILES string of the molecule is CCC1(Cn2cncc2C2CNCCO2)CCC1. The molecule has 0 amide bonds. The van der Waals surface area contributed by atoms with Gasteiger partial charge >= 0.3 is 0 Å². The van der Waals surface area contributed by atoms with E-state index in [0.29, 0.717) is 5.41 Å². The smallest absolute Gasteiger partial charge is 0.111 e. The Hall–Kier alpha value is -0.870. The fourth-order valence-electron chi connectivity index (χ4n) is 3.15. The maximum atomic E-state index is 5.84. The molecule has 1 aromatic heterocycles. The third-order valence-corrected chi connectivity index (χ3v) is 4.67. The van der Waals surface area contributed by atoms with Crippen molar-refractivity contribution in [3.63, 3.8) is 0 Å². The van der Waals surface area contributed by atoms with Crippen molar-refractivity contribution in [1.29, 1.82) is 0 Å². The van der Waals surface area contributed by atoms with E-state index < -0.39 is 0 Å². The molecular weight excluding hydrogens is 226 g/mol. The highest BCUT2D eigenvalue weighted by Crippen LogP contribution is 2.45. The highest BCUT2D eigenvalue weighted by Gasteiger charge is 2.36. The lowest BCUT2D eigenvalue weighted by Gasteiger charge is -2.42. The lowest BCUT2D eigenvalue weighted by molar-refractivity contribution is 0.0189. The Morgan fingerprint density at radius 1 is 1.56 bits per heavy atom. The second-order valence-electron chi connectivity index (χ2n) is 5.72. The first-order valence-electron chi connectivity index (χ1n) is 7.15. The van der Waals surface area contributed by atoms with Gasteiger partial charge in [0.05, 0.1) is 24.8 Å². The van der Waals surface area contributed by atoms with E-state index in [1.165, 1.54) is 31.4 Å². The summed E-state index contributed by atoms with van der Waals surface area (Å²) in [6.45, 7) is 6.09. The number of morpholine rings is 1. The average Bonchev–Trinajstić information content (AvgIpc) is 2.83. The van der Waals surface area contributed by atoms with Crippen LogP contribution in [0.25, 0.3) is 0 Å². The van der Waals surface area contributed by atoms with E-state index in [-0.39, 0.29) is 6.10 Å². The van der Waals surface area contributed by atoms with Gasteiger partial charge < -0.3 is 14.6 Å². The van der Waals surface area contributed by atoms with Gasteiger partial charge in [-0.15, -0.1) is 0 Å². The molecule has 2 fully saturated rings. The molecule has 4 nitrogen and oxygen atoms in total. The van der Waals surface area contributed by atoms with Crippen molar-refractivity contribution in [3.05, 3.63) is 18.2 Å². The lowest BCUT2D eigenvalue weighted by atomic mass is 9.67. The van der Waals surface area contributed by atoms with Gasteiger partial charge in [-0.25, -0.2) is 4.98 Å². The zero-order valence-corrected chi connectivity index (χ0v) is 11.2. The summed E-state index contributed by atoms with van der Waals surface area (Å²) in [6.07, 6.45) is 9.52. The summed E-state index contributed by atoms with van der Waals surface area (Å²) >= 11 is 0. The number of hydrogen-bond acceptors (Lipinski definition) is 3. The molecule has 18 heavy (non-hydrogen) atoms. The number of ether oxygens (including phenoxy) is 1. The molecular formula is C14H23N3O. The van der Waals surface area contributed by atoms with Crippen molar-refractivity contribution in [1.82, 2.24) is 14.9 Å². The predicted molar refractivity (Wildman–Crippen MR) is 70.4 cm³/mol. The second kappa shape index (κ2) is 5.02. The van der Waals surface area contributed by atoms with Gasteiger partial charge in [-0.05, 0) is 24.7 Å². The summed E-state index contributed by atoms with van der Waals surface area (Å²) in [4.78, 5) is 4.33. The molecule has 1 saturated carbocycles. The van der Waals surface area contributed by atoms with Crippen molar-refractivity contribution in [2.45, 2.75) is 45.3 Å². The number of imidazole rings is 1. The van der Waals surface area contributed by atoms with E-state index in [4.69, 9.17) is 4.74 Å². The topological polar surface area (TPSA) is 39.1 Å². The Labute approximate surface area is 109 Å². The maximum Gasteiger partial charge on any atom is 0.111 e. The van der Waals surface area contributed by atoms with E-state index in [0.717, 1.165) is 26.2 Å². The number of aromatic nitrogens is 2. The molecule has 0 radical (unpaired) electrons. The Kier molecular flexibility index (Phi) is 3.39. The van der Waals surface area contributed by atoms with E-state index in [1.807, 2.05) is 12.5 Å². The fraction of sp³-hybridized carbons (Fsp3) is 0.786. The van der Waals surface area contributed by atoms with Gasteiger partial charge in [-0.3, -0.25) is 0 Å². The highest BCUT2D eigenvalue weighted by atomic mass is 16.5. The van der Waals surface area contributed by atoms with Crippen LogP contribution in [0.15, 0.2) is 12.5 Å². The molecule has 1 N–H and O–H groups in total. The van der Waals surface area contributed by atoms with Crippen molar-refractivity contribution in [2.75, 3.05) is 19.7 Å². The van der Waals surface area contributed by atoms with Crippen LogP contribution in [-0.2, 0) is 11.3 Å². The summed E-state index contributed by atoms with van der Waals surface area (Å²) in [5.74, 6) is 0. The Bertz CT molecular complexity index is 386. The monoisotopic (exact) mass is 249 g/mol. The van der Waals surface area contributed by atoms with Gasteiger partial charge in [-0.2, -0.15) is 0 Å². The zero-order valence-electron chi connectivity index (χ0n) is 11.2. The van der Waals surface area contributed by atoms with E-state index in [1.54, 1.807) is 0 Å². The third-order valence-electron chi connectivity index (χ3n) is 4.67. The minimum Gasteiger partial charge on any atom is -0.369 e. The van der Waals surface area contributed by atoms with Crippen LogP contribution in [0.2, 0.25) is 0 Å². The van der Waals surface area contributed by atoms with Crippen LogP contribution in [0.3, 0.4) is 0 Å². The van der Waals surface area contributed by atoms with Gasteiger partial charge in [0.25, 0.3) is 0 Å². The highest BCUT2D eigenvalue weighted by molar-refractivity contribution is 5.06. The minimum atomic E-state index is 0.176. The number of nitrogens with one attached hydrogen (secondary N) is 1. The predicted octanol–water partition coefficient (Wildman–Crippen LogP) is 2.12. The van der Waals surface area contributed by atoms with Crippen LogP contribution in [0.5, 0.6) is 0 Å². The molecule has 2 aliphatic rings. The van der Waals surface area contributed by atoms with Crippen LogP contribution in [0.4, 0.5) is 0 Å². The number of nitrogens with zero attached hydrogens (tertiary/aromatic N) is 2. The molecule has 1 aliphatic carbocycles. The normalized spacial score (nSPS) is 26.8. The van der Waals surface area contributed by atoms with E-state index in [9.17, 15) is 0 Å². The molecule has 1 aromatic rings. The van der Waals surface area contributed by atoms with Gasteiger partial charge in [0.2, 0.25) is 0 Å². The van der Waals surface area contributed by atoms with Gasteiger partial charge in [-0.1, -0.05) is 13.3 Å². The van der Waals surface area contributed by atoms with Crippen molar-refractivity contribution in [3.8, 4) is 0 Å². The first-order valence-corrected chi connectivity index (χ1v) is 7.15. The first kappa shape index (κ1) is 12.2. The molecule has 0 spiro atoms. The molecule has 1 atom stereocenters. The van der Waals surface area contributed by atoms with E-state index in [2.05, 4.69) is 21.8 Å². The molecule has 4 heteroatoms. The number of hydrogen-bond donors (Lipinski definition) is 1. The zero-order chi connectivity index (χ0) is 12.4. The maximum absolute atomic E-state index is 5.84. The molecule has 3 rings (SSSR count). The summed E-state index contributed by atoms with van der Waals surface area (Å²) in [5, 5.41) is 3.39. The lowest BCUT2D eigenvalue weighted by Crippen LogP contribution is -2.37. The Balaban J connectivity index is 1.74. The molecule has 2 heterocycles. The summed E-state index contributed by atoms with van der Waals surface area (Å²) in [6, 6.07) is 0. The second-order valence-corrected chi connectivity index (χ2v) is 5.72. The Morgan fingerprint density at radius 3 is 3.06 bits per heavy atom. The van der Waals surface area contributed by atoms with Crippen LogP contribution < -0.4 is 5.32 Å². The molecule has 1 unspecified atom stereocenters. The van der Waals surface area contributed by atoms with Gasteiger partial charge in [0.15, 0.2) is 0 Å². The minimum absolute atomic E-state index is 0.176. The van der Waals surface area contributed by atoms with Gasteiger partial charge in [0, 0.05) is 19.6 Å². The van der Waals surface area contributed by atoms with Crippen LogP contribution in [0, 0.1) is 5.41 Å². The quantitative estimate of drug-likeness (QED) is 0.888. The van der Waals surface area contributed by atoms with Crippen molar-refractivity contribution >= 4 is 0 Å². The average molecular weight is 249 g/mol. The van der Waals surface area contributed by atoms with E-state index >= 15 is 0 Å². The standard InChI is InChI=1S/C14H23N3O/c1-2-14(4-3-5-14)10-17-11-16-8-12(17)13-9-15-6-7-18-13/h8,11,13,15H,2-7,9-10H2,1H3. The van der Waals surface area contributed by atoms with Crippen LogP contribution in [0.1, 0.15) is 44.4 Å². The molecule has 100 valence electrons. The Morgan fingerprint density at radius 2 is 2.44 bits per heavy atom. The molecule has 0 bridgehead atoms. The summed E-state index contributed by atoms with van der Waals surface area (Å²) < 4.78 is 8.16. The van der Waals surface area contributed by atoms with Gasteiger partial charge in [0.1, 0.15) is 6.10 Å². The van der Waals surface area contributed by atoms with Crippen molar-refractivity contribution in [2.24, 2.45) is 5.41 Å². The summed E-state index contributed by atoms with van der Waals surface area (Å²) in [5.41, 5.74) is 1.76. The first-order chi connectivity index (χ1) is 8.83. The number of rotatable bonds is 4. The molecule has 1 aliphatic heterocycles. The fourth-order valence-corrected chi connectivity index (χ4v) is 3.15. The molecule has 0 aromatic carbocycles. The van der Waals surface area contributed by atoms with Crippen LogP contribution >= 0.6 is 0 Å². The van der Waals surface area contributed by atoms with Crippen molar-refractivity contribution < 1.29 is 4.74 Å².